The van der Waals surface area contributed by atoms with Crippen molar-refractivity contribution in [1.29, 1.82) is 0 Å². The molecular formula is C16H18N2O6. The lowest BCUT2D eigenvalue weighted by atomic mass is 10.1. The minimum Gasteiger partial charge on any atom is -0.389 e. The summed E-state index contributed by atoms with van der Waals surface area (Å²) in [4.78, 5) is 19.6. The van der Waals surface area contributed by atoms with Gasteiger partial charge in [-0.25, -0.2) is 0 Å². The number of non-ortho nitro benzene ring substituents is 2. The van der Waals surface area contributed by atoms with E-state index >= 15 is 0 Å². The highest BCUT2D eigenvalue weighted by atomic mass is 16.6. The third-order valence-corrected chi connectivity index (χ3v) is 3.13. The van der Waals surface area contributed by atoms with Gasteiger partial charge in [0.1, 0.15) is 0 Å². The molecule has 2 atom stereocenters. The molecule has 2 aromatic carbocycles. The Morgan fingerprint density at radius 2 is 1.12 bits per heavy atom. The quantitative estimate of drug-likeness (QED) is 0.652. The molecule has 0 bridgehead atoms. The van der Waals surface area contributed by atoms with E-state index < -0.39 is 22.1 Å². The summed E-state index contributed by atoms with van der Waals surface area (Å²) < 4.78 is 0. The normalized spacial score (nSPS) is 12.5. The fraction of sp³-hybridized carbons (Fsp3) is 0.250. The lowest BCUT2D eigenvalue weighted by Crippen LogP contribution is -1.93. The van der Waals surface area contributed by atoms with E-state index in [4.69, 9.17) is 10.2 Å². The van der Waals surface area contributed by atoms with Crippen LogP contribution in [-0.2, 0) is 0 Å². The number of nitro groups is 2. The number of aliphatic hydroxyl groups is 2. The van der Waals surface area contributed by atoms with Crippen molar-refractivity contribution in [2.45, 2.75) is 26.1 Å². The molecule has 0 fully saturated rings. The van der Waals surface area contributed by atoms with E-state index in [9.17, 15) is 20.2 Å². The Kier molecular flexibility index (Phi) is 6.97. The smallest absolute Gasteiger partial charge is 0.269 e. The zero-order chi connectivity index (χ0) is 18.3. The van der Waals surface area contributed by atoms with Crippen LogP contribution in [0.15, 0.2) is 48.5 Å². The van der Waals surface area contributed by atoms with Crippen molar-refractivity contribution in [2.75, 3.05) is 0 Å². The van der Waals surface area contributed by atoms with Crippen molar-refractivity contribution in [3.05, 3.63) is 79.9 Å². The Balaban J connectivity index is 0.000000240. The largest absolute Gasteiger partial charge is 0.389 e. The lowest BCUT2D eigenvalue weighted by Gasteiger charge is -2.02. The molecule has 8 heteroatoms. The molecule has 0 heterocycles. The zero-order valence-electron chi connectivity index (χ0n) is 13.2. The van der Waals surface area contributed by atoms with Gasteiger partial charge in [0.2, 0.25) is 0 Å². The van der Waals surface area contributed by atoms with E-state index in [2.05, 4.69) is 0 Å². The molecule has 8 nitrogen and oxygen atoms in total. The van der Waals surface area contributed by atoms with Gasteiger partial charge in [-0.2, -0.15) is 0 Å². The standard InChI is InChI=1S/2C8H9NO3/c2*1-6(10)7-3-2-4-8(5-7)9(11)12/h2*2-6,10H,1H3. The molecule has 2 rings (SSSR count). The zero-order valence-corrected chi connectivity index (χ0v) is 13.2. The predicted molar refractivity (Wildman–Crippen MR) is 87.5 cm³/mol. The molecule has 0 aromatic heterocycles. The summed E-state index contributed by atoms with van der Waals surface area (Å²) in [6.07, 6.45) is -1.32. The maximum absolute atomic E-state index is 10.3. The molecule has 24 heavy (non-hydrogen) atoms. The first-order chi connectivity index (χ1) is 11.2. The van der Waals surface area contributed by atoms with Crippen molar-refractivity contribution >= 4 is 11.4 Å². The van der Waals surface area contributed by atoms with E-state index in [-0.39, 0.29) is 11.4 Å². The Morgan fingerprint density at radius 3 is 1.38 bits per heavy atom. The second-order valence-corrected chi connectivity index (χ2v) is 5.06. The average Bonchev–Trinajstić information content (AvgIpc) is 2.55. The van der Waals surface area contributed by atoms with Gasteiger partial charge in [0.25, 0.3) is 11.4 Å². The third kappa shape index (κ3) is 5.75. The lowest BCUT2D eigenvalue weighted by molar-refractivity contribution is -0.385. The maximum atomic E-state index is 10.3. The molecule has 0 aliphatic heterocycles. The first-order valence-electron chi connectivity index (χ1n) is 7.07. The Hall–Kier alpha value is -2.84. The van der Waals surface area contributed by atoms with Crippen LogP contribution in [0.1, 0.15) is 37.2 Å². The van der Waals surface area contributed by atoms with Crippen LogP contribution in [0.2, 0.25) is 0 Å². The highest BCUT2D eigenvalue weighted by molar-refractivity contribution is 5.35. The molecule has 0 saturated heterocycles. The topological polar surface area (TPSA) is 127 Å². The number of hydrogen-bond acceptors (Lipinski definition) is 6. The van der Waals surface area contributed by atoms with Crippen molar-refractivity contribution < 1.29 is 20.1 Å². The van der Waals surface area contributed by atoms with E-state index in [0.29, 0.717) is 11.1 Å². The highest BCUT2D eigenvalue weighted by Gasteiger charge is 2.08. The van der Waals surface area contributed by atoms with Gasteiger partial charge >= 0.3 is 0 Å². The van der Waals surface area contributed by atoms with Gasteiger partial charge in [-0.15, -0.1) is 0 Å². The molecule has 0 spiro atoms. The van der Waals surface area contributed by atoms with Crippen LogP contribution in [0, 0.1) is 20.2 Å². The van der Waals surface area contributed by atoms with Crippen molar-refractivity contribution in [1.82, 2.24) is 0 Å². The fourth-order valence-electron chi connectivity index (χ4n) is 1.80. The van der Waals surface area contributed by atoms with Crippen LogP contribution in [0.5, 0.6) is 0 Å². The molecule has 2 unspecified atom stereocenters. The maximum Gasteiger partial charge on any atom is 0.269 e. The van der Waals surface area contributed by atoms with Crippen LogP contribution < -0.4 is 0 Å². The first-order valence-corrected chi connectivity index (χ1v) is 7.07. The number of nitrogens with zero attached hydrogens (tertiary/aromatic N) is 2. The van der Waals surface area contributed by atoms with Gasteiger partial charge in [-0.1, -0.05) is 24.3 Å². The number of rotatable bonds is 4. The molecule has 0 radical (unpaired) electrons. The molecule has 128 valence electrons. The minimum atomic E-state index is -0.662. The summed E-state index contributed by atoms with van der Waals surface area (Å²) >= 11 is 0. The Labute approximate surface area is 138 Å². The monoisotopic (exact) mass is 334 g/mol. The van der Waals surface area contributed by atoms with Crippen molar-refractivity contribution in [2.24, 2.45) is 0 Å². The van der Waals surface area contributed by atoms with Crippen LogP contribution >= 0.6 is 0 Å². The van der Waals surface area contributed by atoms with E-state index in [0.717, 1.165) is 0 Å². The van der Waals surface area contributed by atoms with E-state index in [1.54, 1.807) is 38.1 Å². The molecule has 0 amide bonds. The van der Waals surface area contributed by atoms with Crippen LogP contribution in [0.3, 0.4) is 0 Å². The van der Waals surface area contributed by atoms with Gasteiger partial charge in [0.05, 0.1) is 22.1 Å². The Bertz CT molecular complexity index is 654. The summed E-state index contributed by atoms with van der Waals surface area (Å²) in [7, 11) is 0. The third-order valence-electron chi connectivity index (χ3n) is 3.13. The molecular weight excluding hydrogens is 316 g/mol. The summed E-state index contributed by atoms with van der Waals surface area (Å²) in [5.41, 5.74) is 1.13. The van der Waals surface area contributed by atoms with Crippen molar-refractivity contribution in [3.8, 4) is 0 Å². The second-order valence-electron chi connectivity index (χ2n) is 5.06. The summed E-state index contributed by atoms with van der Waals surface area (Å²) in [6, 6.07) is 11.9. The molecule has 2 aromatic rings. The number of benzene rings is 2. The minimum absolute atomic E-state index is 0.00778. The van der Waals surface area contributed by atoms with E-state index in [1.165, 1.54) is 24.3 Å². The van der Waals surface area contributed by atoms with Crippen LogP contribution in [0.25, 0.3) is 0 Å². The molecule has 0 aliphatic rings. The molecule has 2 N–H and O–H groups in total. The average molecular weight is 334 g/mol. The SMILES string of the molecule is CC(O)c1cccc([N+](=O)[O-])c1.CC(O)c1cccc([N+](=O)[O-])c1. The highest BCUT2D eigenvalue weighted by Crippen LogP contribution is 2.19. The summed E-state index contributed by atoms with van der Waals surface area (Å²) in [5, 5.41) is 38.8. The predicted octanol–water partition coefficient (Wildman–Crippen LogP) is 3.30. The van der Waals surface area contributed by atoms with Crippen molar-refractivity contribution in [3.63, 3.8) is 0 Å². The van der Waals surface area contributed by atoms with E-state index in [1.807, 2.05) is 0 Å². The van der Waals surface area contributed by atoms with Gasteiger partial charge in [-0.05, 0) is 25.0 Å². The van der Waals surface area contributed by atoms with Gasteiger partial charge in [-0.3, -0.25) is 20.2 Å². The van der Waals surface area contributed by atoms with Gasteiger partial charge in [0, 0.05) is 24.3 Å². The van der Waals surface area contributed by atoms with Crippen LogP contribution in [0.4, 0.5) is 11.4 Å². The Morgan fingerprint density at radius 1 is 0.792 bits per heavy atom. The summed E-state index contributed by atoms with van der Waals surface area (Å²) in [6.45, 7) is 3.14. The summed E-state index contributed by atoms with van der Waals surface area (Å²) in [5.74, 6) is 0. The number of aliphatic hydroxyl groups excluding tert-OH is 2. The number of nitro benzene ring substituents is 2. The second kappa shape index (κ2) is 8.70. The van der Waals surface area contributed by atoms with Gasteiger partial charge < -0.3 is 10.2 Å². The number of hydrogen-bond donors (Lipinski definition) is 2. The first kappa shape index (κ1) is 19.2. The molecule has 0 saturated carbocycles. The van der Waals surface area contributed by atoms with Gasteiger partial charge in [0.15, 0.2) is 0 Å². The van der Waals surface area contributed by atoms with Crippen LogP contribution in [-0.4, -0.2) is 20.1 Å². The molecule has 0 aliphatic carbocycles. The fourth-order valence-corrected chi connectivity index (χ4v) is 1.80.